The first-order valence-electron chi connectivity index (χ1n) is 13.2. The molecule has 0 aromatic rings. The average molecular weight is 495 g/mol. The highest BCUT2D eigenvalue weighted by atomic mass is 16.4. The normalized spacial score (nSPS) is 27.8. The molecular weight excluding hydrogens is 452 g/mol. The number of piperidine rings is 2. The lowest BCUT2D eigenvalue weighted by Crippen LogP contribution is -2.51. The molecule has 1 aliphatic carbocycles. The van der Waals surface area contributed by atoms with Gasteiger partial charge >= 0.3 is 12.0 Å². The van der Waals surface area contributed by atoms with E-state index in [1.807, 2.05) is 0 Å². The number of nitrogens with one attached hydrogen (secondary N) is 6. The number of aliphatic carboxylic acids is 1. The molecule has 3 aliphatic rings. The van der Waals surface area contributed by atoms with Crippen LogP contribution < -0.4 is 31.9 Å². The van der Waals surface area contributed by atoms with Crippen LogP contribution in [0.4, 0.5) is 4.79 Å². The van der Waals surface area contributed by atoms with Crippen molar-refractivity contribution in [2.45, 2.75) is 82.3 Å². The summed E-state index contributed by atoms with van der Waals surface area (Å²) in [6.45, 7) is 2.97. The first kappa shape index (κ1) is 27.2. The van der Waals surface area contributed by atoms with Gasteiger partial charge in [0.15, 0.2) is 0 Å². The molecule has 3 fully saturated rings. The quantitative estimate of drug-likeness (QED) is 0.226. The molecule has 0 spiro atoms. The fourth-order valence-corrected chi connectivity index (χ4v) is 5.42. The third-order valence-electron chi connectivity index (χ3n) is 7.37. The van der Waals surface area contributed by atoms with Gasteiger partial charge in [-0.05, 0) is 70.5 Å². The topological polar surface area (TPSA) is 161 Å². The molecule has 3 rings (SSSR count). The number of rotatable bonds is 10. The molecule has 35 heavy (non-hydrogen) atoms. The molecule has 7 N–H and O–H groups in total. The lowest BCUT2D eigenvalue weighted by atomic mass is 9.85. The number of urea groups is 1. The number of hydrogen-bond donors (Lipinski definition) is 7. The predicted octanol–water partition coefficient (Wildman–Crippen LogP) is 0.0618. The van der Waals surface area contributed by atoms with Crippen molar-refractivity contribution < 1.29 is 24.3 Å². The van der Waals surface area contributed by atoms with Crippen molar-refractivity contribution in [1.29, 1.82) is 0 Å². The van der Waals surface area contributed by atoms with E-state index in [0.717, 1.165) is 45.2 Å². The Kier molecular flexibility index (Phi) is 11.1. The Balaban J connectivity index is 1.37. The molecule has 0 aromatic carbocycles. The molecule has 0 radical (unpaired) electrons. The number of carboxylic acids is 1. The summed E-state index contributed by atoms with van der Waals surface area (Å²) >= 11 is 0. The van der Waals surface area contributed by atoms with E-state index in [-0.39, 0.29) is 48.7 Å². The van der Waals surface area contributed by atoms with Crippen molar-refractivity contribution in [2.75, 3.05) is 32.7 Å². The number of carboxylic acid groups (broad SMARTS) is 1. The van der Waals surface area contributed by atoms with Crippen molar-refractivity contribution in [3.63, 3.8) is 0 Å². The standard InChI is InChI=1S/C24H42N6O5/c31-21(30-20(12-22(32)33)17-6-4-9-25-13-17)15-27-23(34)16-5-3-8-18(11-16)29-24(35)28-14-19-7-1-2-10-26-19/h16-20,25-26H,1-15H2,(H,27,34)(H,30,31)(H,32,33)(H2,28,29,35). The monoisotopic (exact) mass is 494 g/mol. The van der Waals surface area contributed by atoms with Crippen LogP contribution in [0.3, 0.4) is 0 Å². The van der Waals surface area contributed by atoms with E-state index < -0.39 is 12.0 Å². The maximum absolute atomic E-state index is 12.7. The van der Waals surface area contributed by atoms with Crippen LogP contribution in [0.5, 0.6) is 0 Å². The second-order valence-corrected chi connectivity index (χ2v) is 10.2. The van der Waals surface area contributed by atoms with E-state index in [1.54, 1.807) is 0 Å². The Labute approximate surface area is 207 Å². The molecule has 11 nitrogen and oxygen atoms in total. The van der Waals surface area contributed by atoms with E-state index in [0.29, 0.717) is 32.0 Å². The molecule has 5 atom stereocenters. The van der Waals surface area contributed by atoms with Gasteiger partial charge in [0, 0.05) is 30.6 Å². The highest BCUT2D eigenvalue weighted by Gasteiger charge is 2.30. The zero-order chi connectivity index (χ0) is 25.0. The summed E-state index contributed by atoms with van der Waals surface area (Å²) in [4.78, 5) is 48.7. The lowest BCUT2D eigenvalue weighted by Gasteiger charge is -2.31. The Morgan fingerprint density at radius 3 is 2.51 bits per heavy atom. The molecule has 0 aromatic heterocycles. The molecule has 11 heteroatoms. The van der Waals surface area contributed by atoms with Gasteiger partial charge in [-0.2, -0.15) is 0 Å². The van der Waals surface area contributed by atoms with Crippen molar-refractivity contribution in [3.8, 4) is 0 Å². The first-order valence-corrected chi connectivity index (χ1v) is 13.2. The van der Waals surface area contributed by atoms with Gasteiger partial charge in [0.1, 0.15) is 0 Å². The maximum Gasteiger partial charge on any atom is 0.315 e. The van der Waals surface area contributed by atoms with E-state index in [4.69, 9.17) is 0 Å². The Hall–Kier alpha value is -2.40. The van der Waals surface area contributed by atoms with Gasteiger partial charge in [0.25, 0.3) is 0 Å². The number of carbonyl (C=O) groups is 4. The number of hydrogen-bond acceptors (Lipinski definition) is 6. The van der Waals surface area contributed by atoms with E-state index >= 15 is 0 Å². The maximum atomic E-state index is 12.7. The number of amides is 4. The minimum Gasteiger partial charge on any atom is -0.481 e. The Morgan fingerprint density at radius 2 is 1.80 bits per heavy atom. The number of carbonyl (C=O) groups excluding carboxylic acids is 3. The van der Waals surface area contributed by atoms with Crippen molar-refractivity contribution in [1.82, 2.24) is 31.9 Å². The zero-order valence-corrected chi connectivity index (χ0v) is 20.6. The lowest BCUT2D eigenvalue weighted by molar-refractivity contribution is -0.138. The average Bonchev–Trinajstić information content (AvgIpc) is 2.86. The summed E-state index contributed by atoms with van der Waals surface area (Å²) in [7, 11) is 0. The van der Waals surface area contributed by atoms with Crippen LogP contribution in [-0.2, 0) is 14.4 Å². The van der Waals surface area contributed by atoms with Gasteiger partial charge in [-0.15, -0.1) is 0 Å². The minimum atomic E-state index is -0.954. The van der Waals surface area contributed by atoms with Crippen LogP contribution >= 0.6 is 0 Å². The van der Waals surface area contributed by atoms with Crippen LogP contribution in [0.1, 0.15) is 64.2 Å². The van der Waals surface area contributed by atoms with Gasteiger partial charge < -0.3 is 37.0 Å². The van der Waals surface area contributed by atoms with Gasteiger partial charge in [-0.3, -0.25) is 14.4 Å². The van der Waals surface area contributed by atoms with E-state index in [1.165, 1.54) is 12.8 Å². The van der Waals surface area contributed by atoms with Crippen LogP contribution in [0.25, 0.3) is 0 Å². The third-order valence-corrected chi connectivity index (χ3v) is 7.37. The summed E-state index contributed by atoms with van der Waals surface area (Å²) in [6, 6.07) is -0.429. The molecule has 2 aliphatic heterocycles. The van der Waals surface area contributed by atoms with Gasteiger partial charge in [-0.25, -0.2) is 4.79 Å². The van der Waals surface area contributed by atoms with E-state index in [9.17, 15) is 24.3 Å². The Morgan fingerprint density at radius 1 is 0.943 bits per heavy atom. The minimum absolute atomic E-state index is 0.0599. The fraction of sp³-hybridized carbons (Fsp3) is 0.833. The van der Waals surface area contributed by atoms with Crippen molar-refractivity contribution in [3.05, 3.63) is 0 Å². The smallest absolute Gasteiger partial charge is 0.315 e. The summed E-state index contributed by atoms with van der Waals surface area (Å²) in [5.41, 5.74) is 0. The SMILES string of the molecule is O=C(O)CC(NC(=O)CNC(=O)C1CCCC(NC(=O)NCC2CCCCN2)C1)C1CCCNC1. The first-order chi connectivity index (χ1) is 16.9. The summed E-state index contributed by atoms with van der Waals surface area (Å²) in [6.07, 6.45) is 7.99. The van der Waals surface area contributed by atoms with Gasteiger partial charge in [-0.1, -0.05) is 12.8 Å². The van der Waals surface area contributed by atoms with Crippen molar-refractivity contribution in [2.24, 2.45) is 11.8 Å². The molecular formula is C24H42N6O5. The van der Waals surface area contributed by atoms with Crippen LogP contribution in [0.2, 0.25) is 0 Å². The largest absolute Gasteiger partial charge is 0.481 e. The van der Waals surface area contributed by atoms with E-state index in [2.05, 4.69) is 31.9 Å². The fourth-order valence-electron chi connectivity index (χ4n) is 5.42. The van der Waals surface area contributed by atoms with Gasteiger partial charge in [0.05, 0.1) is 13.0 Å². The Bertz CT molecular complexity index is 723. The molecule has 0 bridgehead atoms. The summed E-state index contributed by atoms with van der Waals surface area (Å²) < 4.78 is 0. The molecule has 5 unspecified atom stereocenters. The second-order valence-electron chi connectivity index (χ2n) is 10.2. The predicted molar refractivity (Wildman–Crippen MR) is 131 cm³/mol. The molecule has 1 saturated carbocycles. The van der Waals surface area contributed by atoms with Crippen LogP contribution in [-0.4, -0.2) is 79.8 Å². The van der Waals surface area contributed by atoms with Crippen molar-refractivity contribution >= 4 is 23.8 Å². The highest BCUT2D eigenvalue weighted by Crippen LogP contribution is 2.24. The molecule has 2 saturated heterocycles. The van der Waals surface area contributed by atoms with Gasteiger partial charge in [0.2, 0.25) is 11.8 Å². The third kappa shape index (κ3) is 9.64. The molecule has 2 heterocycles. The highest BCUT2D eigenvalue weighted by molar-refractivity contribution is 5.86. The summed E-state index contributed by atoms with van der Waals surface area (Å²) in [5, 5.41) is 27.3. The zero-order valence-electron chi connectivity index (χ0n) is 20.6. The molecule has 198 valence electrons. The van der Waals surface area contributed by atoms with Crippen LogP contribution in [0.15, 0.2) is 0 Å². The summed E-state index contributed by atoms with van der Waals surface area (Å²) in [5.74, 6) is -1.74. The van der Waals surface area contributed by atoms with Crippen LogP contribution in [0, 0.1) is 11.8 Å². The molecule has 4 amide bonds. The second kappa shape index (κ2) is 14.2.